The molecule has 2 aromatic carbocycles. The average molecular weight is 354 g/mol. The van der Waals surface area contributed by atoms with E-state index in [4.69, 9.17) is 9.84 Å². The van der Waals surface area contributed by atoms with Gasteiger partial charge in [-0.05, 0) is 11.1 Å². The second-order valence-corrected chi connectivity index (χ2v) is 6.26. The molecule has 0 spiro atoms. The summed E-state index contributed by atoms with van der Waals surface area (Å²) in [6.07, 6.45) is 0. The van der Waals surface area contributed by atoms with Gasteiger partial charge < -0.3 is 14.9 Å². The highest BCUT2D eigenvalue weighted by atomic mass is 16.5. The van der Waals surface area contributed by atoms with E-state index in [0.29, 0.717) is 0 Å². The molecule has 1 aliphatic carbocycles. The first-order chi connectivity index (χ1) is 12.5. The molecule has 4 atom stereocenters. The van der Waals surface area contributed by atoms with E-state index in [1.807, 2.05) is 12.1 Å². The topological polar surface area (TPSA) is 101 Å². The first kappa shape index (κ1) is 17.7. The predicted molar refractivity (Wildman–Crippen MR) is 91.6 cm³/mol. The fraction of sp³-hybridized carbons (Fsp3) is 0.250. The van der Waals surface area contributed by atoms with Crippen LogP contribution in [0.15, 0.2) is 60.7 Å². The van der Waals surface area contributed by atoms with E-state index in [1.54, 1.807) is 48.5 Å². The Balaban J connectivity index is 1.99. The quantitative estimate of drug-likeness (QED) is 0.773. The Bertz CT molecular complexity index is 754. The van der Waals surface area contributed by atoms with Crippen molar-refractivity contribution in [2.45, 2.75) is 11.8 Å². The number of carboxylic acid groups (broad SMARTS) is 2. The molecule has 0 radical (unpaired) electrons. The molecular formula is C20H18O6. The van der Waals surface area contributed by atoms with Gasteiger partial charge in [0.2, 0.25) is 0 Å². The minimum atomic E-state index is -1.25. The van der Waals surface area contributed by atoms with Crippen molar-refractivity contribution in [3.8, 4) is 0 Å². The molecule has 26 heavy (non-hydrogen) atoms. The molecule has 0 aliphatic heterocycles. The lowest BCUT2D eigenvalue weighted by Gasteiger charge is -2.48. The smallest absolute Gasteiger partial charge is 0.341 e. The summed E-state index contributed by atoms with van der Waals surface area (Å²) in [5, 5.41) is 18.5. The van der Waals surface area contributed by atoms with Crippen LogP contribution in [0.4, 0.5) is 0 Å². The van der Waals surface area contributed by atoms with Crippen molar-refractivity contribution in [2.75, 3.05) is 6.61 Å². The predicted octanol–water partition coefficient (Wildman–Crippen LogP) is 2.51. The van der Waals surface area contributed by atoms with E-state index in [1.165, 1.54) is 0 Å². The number of esters is 1. The molecule has 6 heteroatoms. The molecule has 3 rings (SSSR count). The molecule has 1 saturated carbocycles. The maximum absolute atomic E-state index is 12.6. The second kappa shape index (κ2) is 7.39. The number of carboxylic acids is 2. The van der Waals surface area contributed by atoms with Crippen LogP contribution >= 0.6 is 0 Å². The molecule has 2 N–H and O–H groups in total. The molecule has 1 aliphatic rings. The zero-order chi connectivity index (χ0) is 18.7. The molecule has 0 saturated heterocycles. The summed E-state index contributed by atoms with van der Waals surface area (Å²) >= 11 is 0. The summed E-state index contributed by atoms with van der Waals surface area (Å²) in [7, 11) is 0. The first-order valence-corrected chi connectivity index (χ1v) is 8.22. The second-order valence-electron chi connectivity index (χ2n) is 6.26. The van der Waals surface area contributed by atoms with Crippen LogP contribution in [-0.4, -0.2) is 34.7 Å². The van der Waals surface area contributed by atoms with Gasteiger partial charge in [-0.3, -0.25) is 9.59 Å². The molecule has 2 unspecified atom stereocenters. The number of carbonyl (C=O) groups excluding carboxylic acids is 1. The van der Waals surface area contributed by atoms with Gasteiger partial charge in [0.05, 0.1) is 11.8 Å². The molecule has 2 aromatic rings. The van der Waals surface area contributed by atoms with Crippen molar-refractivity contribution in [3.05, 3.63) is 71.8 Å². The number of carbonyl (C=O) groups is 3. The van der Waals surface area contributed by atoms with Crippen LogP contribution in [0.1, 0.15) is 23.0 Å². The Kier molecular flexibility index (Phi) is 5.02. The lowest BCUT2D eigenvalue weighted by molar-refractivity contribution is -0.168. The van der Waals surface area contributed by atoms with Gasteiger partial charge in [0.15, 0.2) is 6.61 Å². The lowest BCUT2D eigenvalue weighted by Crippen LogP contribution is -2.51. The molecule has 0 aromatic heterocycles. The fourth-order valence-corrected chi connectivity index (χ4v) is 3.76. The summed E-state index contributed by atoms with van der Waals surface area (Å²) in [5.74, 6) is -5.61. The highest BCUT2D eigenvalue weighted by molar-refractivity contribution is 5.85. The van der Waals surface area contributed by atoms with Crippen molar-refractivity contribution in [3.63, 3.8) is 0 Å². The third kappa shape index (κ3) is 3.31. The normalized spacial score (nSPS) is 24.3. The van der Waals surface area contributed by atoms with E-state index in [9.17, 15) is 19.5 Å². The van der Waals surface area contributed by atoms with Crippen LogP contribution in [-0.2, 0) is 19.1 Å². The number of benzene rings is 2. The SMILES string of the molecule is O=C(O)COC(=O)C1[C@H](c2ccccc2)C(C(=O)O)[C@@H]1c1ccccc1. The number of hydrogen-bond acceptors (Lipinski definition) is 4. The molecule has 134 valence electrons. The van der Waals surface area contributed by atoms with Gasteiger partial charge in [0.1, 0.15) is 0 Å². The van der Waals surface area contributed by atoms with Crippen LogP contribution in [0.3, 0.4) is 0 Å². The summed E-state index contributed by atoms with van der Waals surface area (Å²) in [6.45, 7) is -0.740. The summed E-state index contributed by atoms with van der Waals surface area (Å²) in [4.78, 5) is 35.3. The number of aliphatic carboxylic acids is 2. The standard InChI is InChI=1S/C20H18O6/c21-14(22)11-26-20(25)18-15(12-7-3-1-4-8-12)17(19(23)24)16(18)13-9-5-2-6-10-13/h1-10,15-18H,11H2,(H,21,22)(H,23,24)/t15-,16+,17?,18?. The number of ether oxygens (including phenoxy) is 1. The van der Waals surface area contributed by atoms with Crippen molar-refractivity contribution in [2.24, 2.45) is 11.8 Å². The maximum Gasteiger partial charge on any atom is 0.341 e. The monoisotopic (exact) mass is 354 g/mol. The van der Waals surface area contributed by atoms with E-state index >= 15 is 0 Å². The highest BCUT2D eigenvalue weighted by Crippen LogP contribution is 2.57. The molecule has 0 bridgehead atoms. The van der Waals surface area contributed by atoms with Gasteiger partial charge >= 0.3 is 17.9 Å². The molecule has 0 heterocycles. The van der Waals surface area contributed by atoms with Gasteiger partial charge in [-0.25, -0.2) is 4.79 Å². The molecule has 0 amide bonds. The van der Waals surface area contributed by atoms with Gasteiger partial charge in [-0.1, -0.05) is 60.7 Å². The highest BCUT2D eigenvalue weighted by Gasteiger charge is 2.59. The van der Waals surface area contributed by atoms with E-state index in [-0.39, 0.29) is 0 Å². The Morgan fingerprint density at radius 1 is 0.769 bits per heavy atom. The molecule has 1 fully saturated rings. The van der Waals surface area contributed by atoms with E-state index < -0.39 is 48.2 Å². The van der Waals surface area contributed by atoms with E-state index in [2.05, 4.69) is 0 Å². The van der Waals surface area contributed by atoms with Crippen LogP contribution < -0.4 is 0 Å². The van der Waals surface area contributed by atoms with E-state index in [0.717, 1.165) is 11.1 Å². The Morgan fingerprint density at radius 2 is 1.23 bits per heavy atom. The summed E-state index contributed by atoms with van der Waals surface area (Å²) in [5.41, 5.74) is 1.45. The zero-order valence-electron chi connectivity index (χ0n) is 13.8. The summed E-state index contributed by atoms with van der Waals surface area (Å²) in [6, 6.07) is 17.9. The first-order valence-electron chi connectivity index (χ1n) is 8.22. The largest absolute Gasteiger partial charge is 0.481 e. The fourth-order valence-electron chi connectivity index (χ4n) is 3.76. The van der Waals surface area contributed by atoms with Crippen LogP contribution in [0, 0.1) is 11.8 Å². The third-order valence-electron chi connectivity index (χ3n) is 4.81. The van der Waals surface area contributed by atoms with Crippen LogP contribution in [0.25, 0.3) is 0 Å². The van der Waals surface area contributed by atoms with Crippen LogP contribution in [0.5, 0.6) is 0 Å². The minimum absolute atomic E-state index is 0.569. The van der Waals surface area contributed by atoms with Crippen molar-refractivity contribution >= 4 is 17.9 Å². The number of rotatable bonds is 6. The minimum Gasteiger partial charge on any atom is -0.481 e. The number of hydrogen-bond donors (Lipinski definition) is 2. The van der Waals surface area contributed by atoms with Gasteiger partial charge in [0, 0.05) is 11.8 Å². The van der Waals surface area contributed by atoms with Gasteiger partial charge in [-0.2, -0.15) is 0 Å². The van der Waals surface area contributed by atoms with Gasteiger partial charge in [0.25, 0.3) is 0 Å². The molecule has 6 nitrogen and oxygen atoms in total. The van der Waals surface area contributed by atoms with Crippen LogP contribution in [0.2, 0.25) is 0 Å². The van der Waals surface area contributed by atoms with Crippen molar-refractivity contribution in [1.29, 1.82) is 0 Å². The maximum atomic E-state index is 12.6. The van der Waals surface area contributed by atoms with Crippen molar-refractivity contribution < 1.29 is 29.3 Å². The zero-order valence-corrected chi connectivity index (χ0v) is 13.8. The Hall–Kier alpha value is -3.15. The van der Waals surface area contributed by atoms with Gasteiger partial charge in [-0.15, -0.1) is 0 Å². The Morgan fingerprint density at radius 3 is 1.62 bits per heavy atom. The third-order valence-corrected chi connectivity index (χ3v) is 4.81. The average Bonchev–Trinajstić information content (AvgIpc) is 2.60. The summed E-state index contributed by atoms with van der Waals surface area (Å²) < 4.78 is 4.91. The molecular weight excluding hydrogens is 336 g/mol. The lowest BCUT2D eigenvalue weighted by atomic mass is 9.52. The van der Waals surface area contributed by atoms with Crippen molar-refractivity contribution in [1.82, 2.24) is 0 Å². The Labute approximate surface area is 150 Å².